The van der Waals surface area contributed by atoms with E-state index in [1.807, 2.05) is 35.9 Å². The van der Waals surface area contributed by atoms with Crippen molar-refractivity contribution in [1.29, 1.82) is 0 Å². The highest BCUT2D eigenvalue weighted by Gasteiger charge is 2.22. The largest absolute Gasteiger partial charge is 0.497 e. The highest BCUT2D eigenvalue weighted by molar-refractivity contribution is 7.89. The molecule has 8 nitrogen and oxygen atoms in total. The number of aromatic nitrogens is 2. The third-order valence-electron chi connectivity index (χ3n) is 4.74. The van der Waals surface area contributed by atoms with Crippen LogP contribution >= 0.6 is 0 Å². The SMILES string of the molecule is COc1ccc([C@@H](NC(=O)c2ccc(S(=O)(=O)N(C)C)cc2)c2nccn2C)cc1. The standard InChI is InChI=1S/C21H24N4O4S/c1-24(2)30(27,28)18-11-7-16(8-12-18)21(26)23-19(20-22-13-14-25(20)3)15-5-9-17(29-4)10-6-15/h5-14,19H,1-4H3,(H,23,26)/t19-/m1/s1. The minimum absolute atomic E-state index is 0.125. The van der Waals surface area contributed by atoms with Crippen LogP contribution in [0.2, 0.25) is 0 Å². The first-order valence-corrected chi connectivity index (χ1v) is 10.6. The lowest BCUT2D eigenvalue weighted by molar-refractivity contribution is 0.0941. The smallest absolute Gasteiger partial charge is 0.252 e. The molecule has 1 aromatic heterocycles. The fourth-order valence-electron chi connectivity index (χ4n) is 2.95. The number of nitrogens with one attached hydrogen (secondary N) is 1. The van der Waals surface area contributed by atoms with Gasteiger partial charge in [-0.15, -0.1) is 0 Å². The molecule has 1 atom stereocenters. The highest BCUT2D eigenvalue weighted by atomic mass is 32.2. The van der Waals surface area contributed by atoms with Gasteiger partial charge in [0.05, 0.1) is 12.0 Å². The number of sulfonamides is 1. The average molecular weight is 429 g/mol. The van der Waals surface area contributed by atoms with Gasteiger partial charge >= 0.3 is 0 Å². The Balaban J connectivity index is 1.89. The first-order chi connectivity index (χ1) is 14.2. The number of imidazole rings is 1. The van der Waals surface area contributed by atoms with Gasteiger partial charge < -0.3 is 14.6 Å². The molecule has 9 heteroatoms. The van der Waals surface area contributed by atoms with E-state index in [9.17, 15) is 13.2 Å². The van der Waals surface area contributed by atoms with Gasteiger partial charge in [0.25, 0.3) is 5.91 Å². The predicted octanol–water partition coefficient (Wildman–Crippen LogP) is 2.20. The van der Waals surface area contributed by atoms with Crippen LogP contribution in [0.3, 0.4) is 0 Å². The second-order valence-corrected chi connectivity index (χ2v) is 9.04. The zero-order valence-corrected chi connectivity index (χ0v) is 18.1. The van der Waals surface area contributed by atoms with Crippen LogP contribution in [0.15, 0.2) is 65.8 Å². The molecule has 1 N–H and O–H groups in total. The van der Waals surface area contributed by atoms with Gasteiger partial charge in [-0.3, -0.25) is 4.79 Å². The van der Waals surface area contributed by atoms with Crippen molar-refractivity contribution in [3.63, 3.8) is 0 Å². The molecule has 158 valence electrons. The minimum atomic E-state index is -3.56. The first kappa shape index (κ1) is 21.5. The second kappa shape index (κ2) is 8.68. The molecule has 0 radical (unpaired) electrons. The van der Waals surface area contributed by atoms with E-state index in [-0.39, 0.29) is 10.8 Å². The Kier molecular flexibility index (Phi) is 6.23. The minimum Gasteiger partial charge on any atom is -0.497 e. The number of ether oxygens (including phenoxy) is 1. The Morgan fingerprint density at radius 2 is 1.73 bits per heavy atom. The van der Waals surface area contributed by atoms with Crippen molar-refractivity contribution in [2.24, 2.45) is 7.05 Å². The highest BCUT2D eigenvalue weighted by Crippen LogP contribution is 2.24. The second-order valence-electron chi connectivity index (χ2n) is 6.89. The van der Waals surface area contributed by atoms with E-state index in [4.69, 9.17) is 4.74 Å². The molecule has 1 heterocycles. The van der Waals surface area contributed by atoms with Crippen LogP contribution in [0.5, 0.6) is 5.75 Å². The number of methoxy groups -OCH3 is 1. The van der Waals surface area contributed by atoms with Gasteiger partial charge in [0.1, 0.15) is 17.6 Å². The summed E-state index contributed by atoms with van der Waals surface area (Å²) in [5.74, 6) is 1.04. The molecule has 1 amide bonds. The number of carbonyl (C=O) groups is 1. The van der Waals surface area contributed by atoms with Crippen molar-refractivity contribution in [1.82, 2.24) is 19.2 Å². The summed E-state index contributed by atoms with van der Waals surface area (Å²) in [6, 6.07) is 12.7. The van der Waals surface area contributed by atoms with Gasteiger partial charge in [0.15, 0.2) is 0 Å². The zero-order chi connectivity index (χ0) is 21.9. The van der Waals surface area contributed by atoms with Gasteiger partial charge in [-0.25, -0.2) is 17.7 Å². The van der Waals surface area contributed by atoms with Crippen LogP contribution in [0.1, 0.15) is 27.8 Å². The zero-order valence-electron chi connectivity index (χ0n) is 17.2. The molecule has 3 rings (SSSR count). The molecule has 30 heavy (non-hydrogen) atoms. The number of benzene rings is 2. The summed E-state index contributed by atoms with van der Waals surface area (Å²) < 4.78 is 32.6. The number of hydrogen-bond donors (Lipinski definition) is 1. The van der Waals surface area contributed by atoms with Crippen molar-refractivity contribution in [2.75, 3.05) is 21.2 Å². The van der Waals surface area contributed by atoms with E-state index < -0.39 is 16.1 Å². The molecule has 0 saturated heterocycles. The lowest BCUT2D eigenvalue weighted by Crippen LogP contribution is -2.31. The monoisotopic (exact) mass is 428 g/mol. The van der Waals surface area contributed by atoms with Gasteiger partial charge in [0.2, 0.25) is 10.0 Å². The fourth-order valence-corrected chi connectivity index (χ4v) is 3.85. The lowest BCUT2D eigenvalue weighted by Gasteiger charge is -2.20. The summed E-state index contributed by atoms with van der Waals surface area (Å²) in [7, 11) is 2.81. The lowest BCUT2D eigenvalue weighted by atomic mass is 10.0. The number of aryl methyl sites for hydroxylation is 1. The van der Waals surface area contributed by atoms with Crippen molar-refractivity contribution in [3.8, 4) is 5.75 Å². The summed E-state index contributed by atoms with van der Waals surface area (Å²) in [4.78, 5) is 17.4. The summed E-state index contributed by atoms with van der Waals surface area (Å²) >= 11 is 0. The Morgan fingerprint density at radius 3 is 2.23 bits per heavy atom. The Labute approximate surface area is 176 Å². The Morgan fingerprint density at radius 1 is 1.10 bits per heavy atom. The molecule has 3 aromatic rings. The number of carbonyl (C=O) groups excluding carboxylic acids is 1. The summed E-state index contributed by atoms with van der Waals surface area (Å²) in [5.41, 5.74) is 1.19. The maximum atomic E-state index is 12.9. The maximum absolute atomic E-state index is 12.9. The molecular weight excluding hydrogens is 404 g/mol. The molecule has 0 aliphatic carbocycles. The van der Waals surface area contributed by atoms with E-state index >= 15 is 0 Å². The molecule has 0 spiro atoms. The molecule has 0 aliphatic rings. The fraction of sp³-hybridized carbons (Fsp3) is 0.238. The third kappa shape index (κ3) is 4.37. The Bertz CT molecular complexity index is 1120. The normalized spacial score (nSPS) is 12.6. The van der Waals surface area contributed by atoms with Crippen LogP contribution in [0.4, 0.5) is 0 Å². The van der Waals surface area contributed by atoms with Crippen LogP contribution in [-0.4, -0.2) is 49.4 Å². The van der Waals surface area contributed by atoms with Crippen LogP contribution in [0.25, 0.3) is 0 Å². The molecule has 0 saturated carbocycles. The summed E-state index contributed by atoms with van der Waals surface area (Å²) in [6.45, 7) is 0. The number of nitrogens with zero attached hydrogens (tertiary/aromatic N) is 3. The van der Waals surface area contributed by atoms with Gasteiger partial charge in [-0.2, -0.15) is 0 Å². The molecule has 0 unspecified atom stereocenters. The van der Waals surface area contributed by atoms with Crippen molar-refractivity contribution >= 4 is 15.9 Å². The Hall–Kier alpha value is -3.17. The molecule has 0 bridgehead atoms. The van der Waals surface area contributed by atoms with Crippen LogP contribution in [0, 0.1) is 0 Å². The van der Waals surface area contributed by atoms with Crippen LogP contribution in [-0.2, 0) is 17.1 Å². The summed E-state index contributed by atoms with van der Waals surface area (Å²) in [6.07, 6.45) is 3.47. The van der Waals surface area contributed by atoms with Crippen molar-refractivity contribution < 1.29 is 17.9 Å². The van der Waals surface area contributed by atoms with E-state index in [1.165, 1.54) is 38.4 Å². The molecule has 0 aliphatic heterocycles. The number of hydrogen-bond acceptors (Lipinski definition) is 5. The number of rotatable bonds is 7. The first-order valence-electron chi connectivity index (χ1n) is 9.18. The van der Waals surface area contributed by atoms with Crippen molar-refractivity contribution in [3.05, 3.63) is 77.9 Å². The van der Waals surface area contributed by atoms with E-state index in [1.54, 1.807) is 19.5 Å². The van der Waals surface area contributed by atoms with E-state index in [0.717, 1.165) is 9.87 Å². The topological polar surface area (TPSA) is 93.5 Å². The average Bonchev–Trinajstić information content (AvgIpc) is 3.17. The van der Waals surface area contributed by atoms with Gasteiger partial charge in [0, 0.05) is 39.1 Å². The number of amides is 1. The quantitative estimate of drug-likeness (QED) is 0.623. The molecular formula is C21H24N4O4S. The van der Waals surface area contributed by atoms with Crippen molar-refractivity contribution in [2.45, 2.75) is 10.9 Å². The molecule has 2 aromatic carbocycles. The third-order valence-corrected chi connectivity index (χ3v) is 6.57. The van der Waals surface area contributed by atoms with Gasteiger partial charge in [-0.1, -0.05) is 12.1 Å². The van der Waals surface area contributed by atoms with Crippen LogP contribution < -0.4 is 10.1 Å². The molecule has 0 fully saturated rings. The van der Waals surface area contributed by atoms with Gasteiger partial charge in [-0.05, 0) is 42.0 Å². The maximum Gasteiger partial charge on any atom is 0.252 e. The van der Waals surface area contributed by atoms with E-state index in [2.05, 4.69) is 10.3 Å². The summed E-state index contributed by atoms with van der Waals surface area (Å²) in [5, 5.41) is 2.99. The van der Waals surface area contributed by atoms with E-state index in [0.29, 0.717) is 17.1 Å². The predicted molar refractivity (Wildman–Crippen MR) is 113 cm³/mol.